The van der Waals surface area contributed by atoms with Gasteiger partial charge < -0.3 is 33.2 Å². The van der Waals surface area contributed by atoms with E-state index in [-0.39, 0.29) is 0 Å². The van der Waals surface area contributed by atoms with Gasteiger partial charge in [0.1, 0.15) is 0 Å². The topological polar surface area (TPSA) is 114 Å². The Balaban J connectivity index is 1.71. The van der Waals surface area contributed by atoms with Crippen LogP contribution in [0.1, 0.15) is 16.7 Å². The second-order valence-electron chi connectivity index (χ2n) is 8.40. The van der Waals surface area contributed by atoms with Crippen LogP contribution in [0.4, 0.5) is 51.2 Å². The smallest absolute Gasteiger partial charge is 0.0425 e. The molecular weight excluding hydrogens is 408 g/mol. The SMILES string of the molecule is Cc1cc(N)ccc1Nc1cc(Nc2ccc(N)cc2C)cc(Nc2ccc(N)cc2C)c1. The van der Waals surface area contributed by atoms with E-state index in [0.29, 0.717) is 0 Å². The largest absolute Gasteiger partial charge is 0.399 e. The molecular formula is C27H30N6. The van der Waals surface area contributed by atoms with E-state index < -0.39 is 0 Å². The van der Waals surface area contributed by atoms with E-state index in [1.807, 2.05) is 75.4 Å². The predicted octanol–water partition coefficient (Wildman–Crippen LogP) is 6.59. The Bertz CT molecular complexity index is 1140. The van der Waals surface area contributed by atoms with Gasteiger partial charge in [0.25, 0.3) is 0 Å². The lowest BCUT2D eigenvalue weighted by atomic mass is 10.1. The summed E-state index contributed by atoms with van der Waals surface area (Å²) < 4.78 is 0. The van der Waals surface area contributed by atoms with Gasteiger partial charge >= 0.3 is 0 Å². The fourth-order valence-electron chi connectivity index (χ4n) is 3.79. The van der Waals surface area contributed by atoms with E-state index in [4.69, 9.17) is 17.2 Å². The Kier molecular flexibility index (Phi) is 6.00. The van der Waals surface area contributed by atoms with Crippen molar-refractivity contribution in [2.45, 2.75) is 20.8 Å². The highest BCUT2D eigenvalue weighted by Crippen LogP contribution is 2.32. The first-order valence-electron chi connectivity index (χ1n) is 10.8. The van der Waals surface area contributed by atoms with E-state index in [1.165, 1.54) is 0 Å². The summed E-state index contributed by atoms with van der Waals surface area (Å²) in [6, 6.07) is 23.8. The van der Waals surface area contributed by atoms with Crippen LogP contribution in [0.15, 0.2) is 72.8 Å². The molecule has 33 heavy (non-hydrogen) atoms. The highest BCUT2D eigenvalue weighted by atomic mass is 14.9. The summed E-state index contributed by atoms with van der Waals surface area (Å²) >= 11 is 0. The molecule has 0 aliphatic rings. The number of benzene rings is 4. The number of aryl methyl sites for hydroxylation is 3. The van der Waals surface area contributed by atoms with Gasteiger partial charge in [0, 0.05) is 51.2 Å². The average Bonchev–Trinajstić information content (AvgIpc) is 2.74. The van der Waals surface area contributed by atoms with Crippen molar-refractivity contribution in [1.29, 1.82) is 0 Å². The van der Waals surface area contributed by atoms with E-state index in [1.54, 1.807) is 0 Å². The molecule has 0 fully saturated rings. The molecule has 4 aromatic carbocycles. The van der Waals surface area contributed by atoms with Crippen LogP contribution in [-0.4, -0.2) is 0 Å². The van der Waals surface area contributed by atoms with Crippen molar-refractivity contribution in [1.82, 2.24) is 0 Å². The van der Waals surface area contributed by atoms with Gasteiger partial charge in [-0.25, -0.2) is 0 Å². The summed E-state index contributed by atoms with van der Waals surface area (Å²) in [7, 11) is 0. The van der Waals surface area contributed by atoms with Crippen LogP contribution in [-0.2, 0) is 0 Å². The maximum atomic E-state index is 5.92. The van der Waals surface area contributed by atoms with Gasteiger partial charge in [0.05, 0.1) is 0 Å². The molecule has 0 saturated carbocycles. The zero-order chi connectivity index (χ0) is 23.5. The summed E-state index contributed by atoms with van der Waals surface area (Å²) in [5, 5.41) is 10.6. The summed E-state index contributed by atoms with van der Waals surface area (Å²) in [6.45, 7) is 6.11. The van der Waals surface area contributed by atoms with Crippen molar-refractivity contribution in [3.8, 4) is 0 Å². The minimum atomic E-state index is 0.744. The van der Waals surface area contributed by atoms with Crippen LogP contribution in [0.25, 0.3) is 0 Å². The molecule has 0 heterocycles. The molecule has 0 spiro atoms. The first-order chi connectivity index (χ1) is 15.8. The number of rotatable bonds is 6. The molecule has 0 amide bonds. The Labute approximate surface area is 194 Å². The molecule has 0 bridgehead atoms. The minimum absolute atomic E-state index is 0.744. The lowest BCUT2D eigenvalue weighted by Gasteiger charge is -2.17. The van der Waals surface area contributed by atoms with Crippen LogP contribution in [0.3, 0.4) is 0 Å². The van der Waals surface area contributed by atoms with Crippen LogP contribution < -0.4 is 33.2 Å². The first-order valence-corrected chi connectivity index (χ1v) is 10.8. The minimum Gasteiger partial charge on any atom is -0.399 e. The van der Waals surface area contributed by atoms with Crippen LogP contribution in [0.2, 0.25) is 0 Å². The van der Waals surface area contributed by atoms with Crippen molar-refractivity contribution in [2.24, 2.45) is 0 Å². The molecule has 9 N–H and O–H groups in total. The molecule has 168 valence electrons. The number of nitrogens with one attached hydrogen (secondary N) is 3. The Morgan fingerprint density at radius 3 is 0.939 bits per heavy atom. The van der Waals surface area contributed by atoms with Gasteiger partial charge in [-0.15, -0.1) is 0 Å². The third-order valence-corrected chi connectivity index (χ3v) is 5.52. The highest BCUT2D eigenvalue weighted by molar-refractivity contribution is 5.79. The zero-order valence-electron chi connectivity index (χ0n) is 19.2. The normalized spacial score (nSPS) is 10.6. The summed E-state index contributed by atoms with van der Waals surface area (Å²) in [6.07, 6.45) is 0. The van der Waals surface area contributed by atoms with Crippen molar-refractivity contribution in [3.05, 3.63) is 89.5 Å². The molecule has 6 heteroatoms. The van der Waals surface area contributed by atoms with E-state index in [0.717, 1.165) is 67.9 Å². The van der Waals surface area contributed by atoms with Crippen molar-refractivity contribution < 1.29 is 0 Å². The molecule has 0 atom stereocenters. The first kappa shape index (κ1) is 21.9. The molecule has 0 aromatic heterocycles. The zero-order valence-corrected chi connectivity index (χ0v) is 19.2. The summed E-state index contributed by atoms with van der Waals surface area (Å²) in [5.74, 6) is 0. The molecule has 0 aliphatic heterocycles. The van der Waals surface area contributed by atoms with Crippen LogP contribution >= 0.6 is 0 Å². The molecule has 4 rings (SSSR count). The van der Waals surface area contributed by atoms with Gasteiger partial charge in [-0.1, -0.05) is 0 Å². The second-order valence-corrected chi connectivity index (χ2v) is 8.40. The number of anilines is 9. The molecule has 0 unspecified atom stereocenters. The molecule has 6 nitrogen and oxygen atoms in total. The lowest BCUT2D eigenvalue weighted by molar-refractivity contribution is 1.40. The predicted molar refractivity (Wildman–Crippen MR) is 143 cm³/mol. The molecule has 0 radical (unpaired) electrons. The lowest BCUT2D eigenvalue weighted by Crippen LogP contribution is -2.01. The maximum Gasteiger partial charge on any atom is 0.0425 e. The Morgan fingerprint density at radius 2 is 0.697 bits per heavy atom. The number of nitrogen functional groups attached to an aromatic ring is 3. The number of nitrogens with two attached hydrogens (primary N) is 3. The molecule has 0 aliphatic carbocycles. The van der Waals surface area contributed by atoms with Gasteiger partial charge in [0.15, 0.2) is 0 Å². The standard InChI is InChI=1S/C27H30N6/c1-16-10-19(28)4-7-25(16)31-22-13-23(32-26-8-5-20(29)11-17(26)2)15-24(14-22)33-27-9-6-21(30)12-18(27)3/h4-15,31-33H,28-30H2,1-3H3. The van der Waals surface area contributed by atoms with E-state index >= 15 is 0 Å². The summed E-state index contributed by atoms with van der Waals surface area (Å²) in [4.78, 5) is 0. The fraction of sp³-hybridized carbons (Fsp3) is 0.111. The third kappa shape index (κ3) is 5.30. The van der Waals surface area contributed by atoms with E-state index in [2.05, 4.69) is 34.1 Å². The van der Waals surface area contributed by atoms with Crippen LogP contribution in [0, 0.1) is 20.8 Å². The fourth-order valence-corrected chi connectivity index (χ4v) is 3.79. The summed E-state index contributed by atoms with van der Waals surface area (Å²) in [5.41, 5.74) is 29.1. The van der Waals surface area contributed by atoms with Crippen molar-refractivity contribution in [2.75, 3.05) is 33.2 Å². The number of hydrogen-bond donors (Lipinski definition) is 6. The van der Waals surface area contributed by atoms with Gasteiger partial charge in [-0.3, -0.25) is 0 Å². The van der Waals surface area contributed by atoms with Crippen molar-refractivity contribution in [3.63, 3.8) is 0 Å². The Hall–Kier alpha value is -4.32. The monoisotopic (exact) mass is 438 g/mol. The Morgan fingerprint density at radius 1 is 0.424 bits per heavy atom. The third-order valence-electron chi connectivity index (χ3n) is 5.52. The van der Waals surface area contributed by atoms with Gasteiger partial charge in [0.2, 0.25) is 0 Å². The molecule has 4 aromatic rings. The quantitative estimate of drug-likeness (QED) is 0.189. The second kappa shape index (κ2) is 9.04. The van der Waals surface area contributed by atoms with E-state index in [9.17, 15) is 0 Å². The van der Waals surface area contributed by atoms with Gasteiger partial charge in [-0.05, 0) is 110 Å². The van der Waals surface area contributed by atoms with Crippen molar-refractivity contribution >= 4 is 51.2 Å². The van der Waals surface area contributed by atoms with Gasteiger partial charge in [-0.2, -0.15) is 0 Å². The highest BCUT2D eigenvalue weighted by Gasteiger charge is 2.08. The van der Waals surface area contributed by atoms with Crippen LogP contribution in [0.5, 0.6) is 0 Å². The molecule has 0 saturated heterocycles. The average molecular weight is 439 g/mol. The maximum absolute atomic E-state index is 5.92. The number of hydrogen-bond acceptors (Lipinski definition) is 6.